The van der Waals surface area contributed by atoms with Gasteiger partial charge in [0.2, 0.25) is 0 Å². The van der Waals surface area contributed by atoms with Crippen LogP contribution in [0.1, 0.15) is 2.85 Å². The molecule has 0 fully saturated rings. The molecule has 4 N–H and O–H groups in total. The maximum Gasteiger partial charge on any atom is 2.00 e. The molecule has 0 saturated heterocycles. The first kappa shape index (κ1) is 20.1. The summed E-state index contributed by atoms with van der Waals surface area (Å²) < 4.78 is 0. The van der Waals surface area contributed by atoms with Crippen LogP contribution in [0.15, 0.2) is 0 Å². The third-order valence-corrected chi connectivity index (χ3v) is 0. The summed E-state index contributed by atoms with van der Waals surface area (Å²) in [7, 11) is 0. The van der Waals surface area contributed by atoms with Crippen LogP contribution in [0, 0.1) is 0 Å². The molecule has 0 aromatic rings. The van der Waals surface area contributed by atoms with Crippen LogP contribution < -0.4 is 5.25 Å². The van der Waals surface area contributed by atoms with Crippen molar-refractivity contribution in [3.8, 4) is 0 Å². The molecule has 0 aliphatic carbocycles. The van der Waals surface area contributed by atoms with Gasteiger partial charge in [0, 0.05) is 0 Å². The van der Waals surface area contributed by atoms with Crippen LogP contribution in [0.2, 0.25) is 0 Å². The van der Waals surface area contributed by atoms with Crippen LogP contribution in [0.3, 0.4) is 0 Å². The molecule has 0 rings (SSSR count). The SMILES string of the molecule is NCl.O.[H-].[H-].[Mg+2]. The molecule has 0 bridgehead atoms. The van der Waals surface area contributed by atoms with E-state index in [1.54, 1.807) is 0 Å². The average Bonchev–Trinajstić information content (AvgIpc) is 1.00. The van der Waals surface area contributed by atoms with Crippen molar-refractivity contribution >= 4 is 34.8 Å². The summed E-state index contributed by atoms with van der Waals surface area (Å²) in [6.45, 7) is 0. The zero-order chi connectivity index (χ0) is 2.00. The summed E-state index contributed by atoms with van der Waals surface area (Å²) >= 11 is 4.14. The topological polar surface area (TPSA) is 57.5 Å². The number of nitrogens with two attached hydrogens (primary N) is 1. The second-order valence-electron chi connectivity index (χ2n) is 0. The molecule has 0 aromatic heterocycles. The number of hydrogen-bond donors (Lipinski definition) is 1. The van der Waals surface area contributed by atoms with Gasteiger partial charge in [0.15, 0.2) is 0 Å². The van der Waals surface area contributed by atoms with Gasteiger partial charge in [-0.05, 0) is 11.8 Å². The minimum atomic E-state index is 0. The maximum absolute atomic E-state index is 4.14. The van der Waals surface area contributed by atoms with Gasteiger partial charge in [0.1, 0.15) is 0 Å². The Kier molecular flexibility index (Phi) is 186. The van der Waals surface area contributed by atoms with Crippen LogP contribution in [-0.4, -0.2) is 28.5 Å². The maximum atomic E-state index is 4.14. The molecule has 2 nitrogen and oxygen atoms in total. The first-order valence-electron chi connectivity index (χ1n) is 0.218. The molecule has 0 aliphatic heterocycles. The van der Waals surface area contributed by atoms with E-state index in [2.05, 4.69) is 17.0 Å². The predicted octanol–water partition coefficient (Wildman–Crippen LogP) is -0.882. The van der Waals surface area contributed by atoms with Crippen molar-refractivity contribution in [3.63, 3.8) is 0 Å². The largest absolute Gasteiger partial charge is 2.00 e. The van der Waals surface area contributed by atoms with Gasteiger partial charge in [-0.2, -0.15) is 0 Å². The standard InChI is InChI=1S/ClH2N.Mg.H2O.2H/c1-2;;;;/h2H2;;1H2;;/q;+2;;2*-1. The quantitative estimate of drug-likeness (QED) is 0.308. The molecule has 0 heterocycles. The molecule has 0 radical (unpaired) electrons. The Morgan fingerprint density at radius 3 is 1.50 bits per heavy atom. The molecule has 0 aliphatic rings. The number of hydrogen-bond acceptors (Lipinski definition) is 1. The Balaban J connectivity index is -0.000000000833. The molecular formula is H6ClMgNO. The van der Waals surface area contributed by atoms with Crippen molar-refractivity contribution in [2.75, 3.05) is 0 Å². The third-order valence-electron chi connectivity index (χ3n) is 0. The van der Waals surface area contributed by atoms with Crippen molar-refractivity contribution in [3.05, 3.63) is 0 Å². The molecule has 0 amide bonds. The van der Waals surface area contributed by atoms with E-state index in [0.29, 0.717) is 0 Å². The summed E-state index contributed by atoms with van der Waals surface area (Å²) in [6.07, 6.45) is 0. The fourth-order valence-corrected chi connectivity index (χ4v) is 0. The van der Waals surface area contributed by atoms with Crippen LogP contribution in [0.25, 0.3) is 0 Å². The van der Waals surface area contributed by atoms with Crippen molar-refractivity contribution in [1.82, 2.24) is 0 Å². The van der Waals surface area contributed by atoms with Gasteiger partial charge in [-0.15, -0.1) is 0 Å². The molecular weight excluding hydrogens is 89.8 g/mol. The van der Waals surface area contributed by atoms with Gasteiger partial charge in [-0.25, -0.2) is 5.25 Å². The second-order valence-corrected chi connectivity index (χ2v) is 0. The van der Waals surface area contributed by atoms with Gasteiger partial charge < -0.3 is 8.33 Å². The Labute approximate surface area is 48.8 Å². The van der Waals surface area contributed by atoms with Gasteiger partial charge in [-0.1, -0.05) is 0 Å². The van der Waals surface area contributed by atoms with Crippen LogP contribution in [0.4, 0.5) is 0 Å². The Morgan fingerprint density at radius 1 is 1.50 bits per heavy atom. The van der Waals surface area contributed by atoms with Crippen LogP contribution >= 0.6 is 11.8 Å². The normalized spacial score (nSPS) is 1.50. The molecule has 4 heteroatoms. The summed E-state index contributed by atoms with van der Waals surface area (Å²) in [4.78, 5) is 0. The van der Waals surface area contributed by atoms with Crippen LogP contribution in [0.5, 0.6) is 0 Å². The number of rotatable bonds is 0. The summed E-state index contributed by atoms with van der Waals surface area (Å²) in [5.41, 5.74) is 0. The zero-order valence-electron chi connectivity index (χ0n) is 4.16. The number of halogens is 1. The van der Waals surface area contributed by atoms with E-state index in [-0.39, 0.29) is 31.4 Å². The predicted molar refractivity (Wildman–Crippen MR) is 21.6 cm³/mol. The Hall–Kier alpha value is 0.976. The van der Waals surface area contributed by atoms with E-state index < -0.39 is 0 Å². The molecule has 4 heavy (non-hydrogen) atoms. The van der Waals surface area contributed by atoms with Gasteiger partial charge in [0.05, 0.1) is 0 Å². The van der Waals surface area contributed by atoms with E-state index >= 15 is 0 Å². The first-order valence-corrected chi connectivity index (χ1v) is 0.655. The van der Waals surface area contributed by atoms with Crippen molar-refractivity contribution in [1.29, 1.82) is 0 Å². The third kappa shape index (κ3) is 12.2. The molecule has 0 atom stereocenters. The van der Waals surface area contributed by atoms with Crippen molar-refractivity contribution in [2.45, 2.75) is 0 Å². The van der Waals surface area contributed by atoms with Gasteiger partial charge in [0.25, 0.3) is 0 Å². The van der Waals surface area contributed by atoms with Crippen molar-refractivity contribution < 1.29 is 8.33 Å². The fraction of sp³-hybridized carbons (Fsp3) is 0. The smallest absolute Gasteiger partial charge is 1.00 e. The Morgan fingerprint density at radius 2 is 1.50 bits per heavy atom. The monoisotopic (exact) mass is 95.0 g/mol. The van der Waals surface area contributed by atoms with Crippen molar-refractivity contribution in [2.24, 2.45) is 5.25 Å². The second kappa shape index (κ2) is 37.0. The molecule has 0 spiro atoms. The van der Waals surface area contributed by atoms with E-state index in [1.165, 1.54) is 0 Å². The zero-order valence-corrected chi connectivity index (χ0v) is 4.33. The molecule has 26 valence electrons. The molecule has 0 aromatic carbocycles. The van der Waals surface area contributed by atoms with E-state index in [9.17, 15) is 0 Å². The van der Waals surface area contributed by atoms with Crippen LogP contribution in [-0.2, 0) is 0 Å². The van der Waals surface area contributed by atoms with Gasteiger partial charge in [-0.3, -0.25) is 0 Å². The minimum Gasteiger partial charge on any atom is -1.00 e. The molecule has 0 unspecified atom stereocenters. The van der Waals surface area contributed by atoms with E-state index in [4.69, 9.17) is 0 Å². The first-order chi connectivity index (χ1) is 1.00. The summed E-state index contributed by atoms with van der Waals surface area (Å²) in [5.74, 6) is 0. The fourth-order valence-electron chi connectivity index (χ4n) is 0. The summed E-state index contributed by atoms with van der Waals surface area (Å²) in [5, 5.41) is 3.97. The molecule has 0 saturated carbocycles. The van der Waals surface area contributed by atoms with E-state index in [1.807, 2.05) is 0 Å². The Bertz CT molecular complexity index is 13.5. The van der Waals surface area contributed by atoms with E-state index in [0.717, 1.165) is 0 Å². The van der Waals surface area contributed by atoms with Gasteiger partial charge >= 0.3 is 23.1 Å². The summed E-state index contributed by atoms with van der Waals surface area (Å²) in [6, 6.07) is 0. The minimum absolute atomic E-state index is 0. The average molecular weight is 95.8 g/mol.